The van der Waals surface area contributed by atoms with Crippen molar-refractivity contribution in [3.63, 3.8) is 0 Å². The van der Waals surface area contributed by atoms with Crippen molar-refractivity contribution in [2.24, 2.45) is 0 Å². The van der Waals surface area contributed by atoms with Gasteiger partial charge in [0.1, 0.15) is 11.6 Å². The van der Waals surface area contributed by atoms with Gasteiger partial charge in [0.2, 0.25) is 11.0 Å². The van der Waals surface area contributed by atoms with Gasteiger partial charge in [-0.05, 0) is 6.42 Å². The van der Waals surface area contributed by atoms with Crippen LogP contribution in [0.1, 0.15) is 17.6 Å². The van der Waals surface area contributed by atoms with Gasteiger partial charge in [0.25, 0.3) is 5.56 Å². The van der Waals surface area contributed by atoms with Crippen LogP contribution in [0.2, 0.25) is 0 Å². The molecule has 0 aromatic carbocycles. The molecule has 0 unspecified atom stereocenters. The molecule has 1 amide bonds. The second-order valence-electron chi connectivity index (χ2n) is 4.17. The third-order valence-electron chi connectivity index (χ3n) is 2.46. The molecule has 8 nitrogen and oxygen atoms in total. The zero-order valence-electron chi connectivity index (χ0n) is 12.1. The average molecular weight is 341 g/mol. The number of aromatic nitrogens is 4. The van der Waals surface area contributed by atoms with E-state index >= 15 is 0 Å². The van der Waals surface area contributed by atoms with Crippen LogP contribution in [0, 0.1) is 0 Å². The van der Waals surface area contributed by atoms with E-state index < -0.39 is 0 Å². The second-order valence-corrected chi connectivity index (χ2v) is 6.19. The van der Waals surface area contributed by atoms with E-state index in [1.807, 2.05) is 6.92 Å². The highest BCUT2D eigenvalue weighted by molar-refractivity contribution is 7.99. The molecule has 118 valence electrons. The number of carbonyl (C=O) groups is 1. The second kappa shape index (κ2) is 8.01. The Balaban J connectivity index is 1.89. The van der Waals surface area contributed by atoms with Gasteiger partial charge in [-0.25, -0.2) is 4.98 Å². The molecule has 0 fully saturated rings. The fourth-order valence-corrected chi connectivity index (χ4v) is 2.93. The minimum atomic E-state index is -0.241. The van der Waals surface area contributed by atoms with Crippen LogP contribution in [0.4, 0.5) is 5.13 Å². The fourth-order valence-electron chi connectivity index (χ4n) is 1.51. The highest BCUT2D eigenvalue weighted by Crippen LogP contribution is 2.17. The number of rotatable bonds is 7. The van der Waals surface area contributed by atoms with E-state index in [4.69, 9.17) is 4.74 Å². The first-order valence-electron chi connectivity index (χ1n) is 6.45. The number of thioether (sulfide) groups is 1. The Labute approximate surface area is 134 Å². The summed E-state index contributed by atoms with van der Waals surface area (Å²) in [5.41, 5.74) is 0.475. The molecule has 22 heavy (non-hydrogen) atoms. The third-order valence-corrected chi connectivity index (χ3v) is 4.14. The summed E-state index contributed by atoms with van der Waals surface area (Å²) in [7, 11) is 1.56. The Hall–Kier alpha value is -1.78. The Bertz CT molecular complexity index is 700. The van der Waals surface area contributed by atoms with Gasteiger partial charge in [-0.15, -0.1) is 10.2 Å². The number of nitrogens with one attached hydrogen (secondary N) is 2. The zero-order chi connectivity index (χ0) is 15.9. The van der Waals surface area contributed by atoms with Crippen molar-refractivity contribution in [2.45, 2.75) is 25.1 Å². The summed E-state index contributed by atoms with van der Waals surface area (Å²) >= 11 is 2.42. The fraction of sp³-hybridized carbons (Fsp3) is 0.417. The minimum Gasteiger partial charge on any atom is -0.377 e. The van der Waals surface area contributed by atoms with Gasteiger partial charge in [-0.3, -0.25) is 14.9 Å². The monoisotopic (exact) mass is 341 g/mol. The smallest absolute Gasteiger partial charge is 0.251 e. The molecular formula is C12H15N5O3S2. The molecule has 0 aliphatic rings. The van der Waals surface area contributed by atoms with Crippen molar-refractivity contribution >= 4 is 34.1 Å². The lowest BCUT2D eigenvalue weighted by Crippen LogP contribution is -2.15. The number of methoxy groups -OCH3 is 1. The molecule has 10 heteroatoms. The topological polar surface area (TPSA) is 110 Å². The van der Waals surface area contributed by atoms with Crippen LogP contribution >= 0.6 is 23.1 Å². The average Bonchev–Trinajstić information content (AvgIpc) is 2.92. The predicted octanol–water partition coefficient (Wildman–Crippen LogP) is 1.06. The van der Waals surface area contributed by atoms with Gasteiger partial charge in [-0.1, -0.05) is 30.0 Å². The molecule has 0 bridgehead atoms. The van der Waals surface area contributed by atoms with E-state index in [2.05, 4.69) is 25.5 Å². The Morgan fingerprint density at radius 3 is 3.05 bits per heavy atom. The number of hydrogen-bond donors (Lipinski definition) is 2. The molecular weight excluding hydrogens is 326 g/mol. The number of anilines is 1. The predicted molar refractivity (Wildman–Crippen MR) is 84.2 cm³/mol. The summed E-state index contributed by atoms with van der Waals surface area (Å²) in [6, 6.07) is 1.45. The Morgan fingerprint density at radius 1 is 1.50 bits per heavy atom. The summed E-state index contributed by atoms with van der Waals surface area (Å²) in [4.78, 5) is 30.1. The number of hydrogen-bond acceptors (Lipinski definition) is 8. The minimum absolute atomic E-state index is 0.120. The number of carbonyl (C=O) groups excluding carboxylic acids is 1. The van der Waals surface area contributed by atoms with E-state index in [-0.39, 0.29) is 17.2 Å². The molecule has 0 aliphatic carbocycles. The number of H-pyrrole nitrogens is 1. The van der Waals surface area contributed by atoms with Crippen LogP contribution in [0.3, 0.4) is 0 Å². The van der Waals surface area contributed by atoms with Crippen molar-refractivity contribution in [1.82, 2.24) is 20.2 Å². The summed E-state index contributed by atoms with van der Waals surface area (Å²) in [5.74, 6) is -0.121. The van der Waals surface area contributed by atoms with Crippen molar-refractivity contribution in [1.29, 1.82) is 0 Å². The van der Waals surface area contributed by atoms with Crippen LogP contribution in [0.5, 0.6) is 0 Å². The molecule has 0 atom stereocenters. The first-order chi connectivity index (χ1) is 10.6. The normalized spacial score (nSPS) is 10.6. The first kappa shape index (κ1) is 16.6. The SMILES string of the molecule is CCc1cc(=O)[nH]c(SCC(=O)Nc2nnc(COC)s2)n1. The van der Waals surface area contributed by atoms with Crippen LogP contribution in [-0.2, 0) is 22.6 Å². The maximum Gasteiger partial charge on any atom is 0.251 e. The summed E-state index contributed by atoms with van der Waals surface area (Å²) in [5, 5.41) is 11.9. The molecule has 2 aromatic heterocycles. The van der Waals surface area contributed by atoms with Gasteiger partial charge in [-0.2, -0.15) is 0 Å². The van der Waals surface area contributed by atoms with Crippen molar-refractivity contribution in [3.8, 4) is 0 Å². The van der Waals surface area contributed by atoms with Gasteiger partial charge < -0.3 is 9.72 Å². The summed E-state index contributed by atoms with van der Waals surface area (Å²) < 4.78 is 4.93. The van der Waals surface area contributed by atoms with E-state index in [0.717, 1.165) is 11.8 Å². The van der Waals surface area contributed by atoms with Crippen LogP contribution in [-0.4, -0.2) is 38.9 Å². The van der Waals surface area contributed by atoms with Gasteiger partial charge in [0, 0.05) is 18.9 Å². The van der Waals surface area contributed by atoms with E-state index in [1.54, 1.807) is 7.11 Å². The molecule has 2 aromatic rings. The molecule has 0 saturated heterocycles. The lowest BCUT2D eigenvalue weighted by molar-refractivity contribution is -0.113. The lowest BCUT2D eigenvalue weighted by Gasteiger charge is -2.02. The number of aryl methyl sites for hydroxylation is 1. The van der Waals surface area contributed by atoms with Crippen molar-refractivity contribution < 1.29 is 9.53 Å². The molecule has 0 spiro atoms. The highest BCUT2D eigenvalue weighted by atomic mass is 32.2. The largest absolute Gasteiger partial charge is 0.377 e. The zero-order valence-corrected chi connectivity index (χ0v) is 13.7. The first-order valence-corrected chi connectivity index (χ1v) is 8.25. The molecule has 0 radical (unpaired) electrons. The molecule has 0 saturated carbocycles. The van der Waals surface area contributed by atoms with Crippen molar-refractivity contribution in [3.05, 3.63) is 27.1 Å². The Morgan fingerprint density at radius 2 is 2.32 bits per heavy atom. The standard InChI is InChI=1S/C12H15N5O3S2/c1-3-7-4-8(18)14-11(13-7)21-6-9(19)15-12-17-16-10(22-12)5-20-2/h4H,3,5-6H2,1-2H3,(H,13,14,18)(H,15,17,19). The highest BCUT2D eigenvalue weighted by Gasteiger charge is 2.10. The number of nitrogens with zero attached hydrogens (tertiary/aromatic N) is 3. The van der Waals surface area contributed by atoms with E-state index in [1.165, 1.54) is 17.4 Å². The van der Waals surface area contributed by atoms with Gasteiger partial charge >= 0.3 is 0 Å². The van der Waals surface area contributed by atoms with Crippen LogP contribution in [0.15, 0.2) is 16.0 Å². The lowest BCUT2D eigenvalue weighted by atomic mass is 10.3. The summed E-state index contributed by atoms with van der Waals surface area (Å²) in [6.07, 6.45) is 0.663. The molecule has 2 rings (SSSR count). The summed E-state index contributed by atoms with van der Waals surface area (Å²) in [6.45, 7) is 2.27. The van der Waals surface area contributed by atoms with Crippen LogP contribution < -0.4 is 10.9 Å². The molecule has 0 aliphatic heterocycles. The third kappa shape index (κ3) is 4.90. The van der Waals surface area contributed by atoms with Gasteiger partial charge in [0.05, 0.1) is 5.75 Å². The molecule has 2 N–H and O–H groups in total. The molecule has 2 heterocycles. The van der Waals surface area contributed by atoms with E-state index in [9.17, 15) is 9.59 Å². The maximum absolute atomic E-state index is 11.8. The van der Waals surface area contributed by atoms with E-state index in [0.29, 0.717) is 34.0 Å². The van der Waals surface area contributed by atoms with Crippen molar-refractivity contribution in [2.75, 3.05) is 18.2 Å². The van der Waals surface area contributed by atoms with Gasteiger partial charge in [0.15, 0.2) is 5.16 Å². The number of amides is 1. The quantitative estimate of drug-likeness (QED) is 0.572. The Kier molecular flexibility index (Phi) is 6.04. The number of aromatic amines is 1. The number of ether oxygens (including phenoxy) is 1. The van der Waals surface area contributed by atoms with Crippen LogP contribution in [0.25, 0.3) is 0 Å². The maximum atomic E-state index is 11.8.